The molecule has 149 heavy (non-hydrogen) atoms. The number of carboxylic acid groups (broad SMARTS) is 1. The number of hydrogen-bond donors (Lipinski definition) is 30. The number of amides is 17. The Morgan fingerprint density at radius 2 is 0.772 bits per heavy atom. The number of nitrogens with two attached hydrogens (primary N) is 8. The molecule has 3 fully saturated rings. The summed E-state index contributed by atoms with van der Waals surface area (Å²) >= 11 is 1.40. The highest BCUT2D eigenvalue weighted by atomic mass is 32.2. The zero-order valence-electron chi connectivity index (χ0n) is 85.1. The maximum absolute atomic E-state index is 15.3. The first-order valence-electron chi connectivity index (χ1n) is 50.8. The van der Waals surface area contributed by atoms with E-state index in [0.29, 0.717) is 68.4 Å². The van der Waals surface area contributed by atoms with Gasteiger partial charge in [0.25, 0.3) is 0 Å². The van der Waals surface area contributed by atoms with Gasteiger partial charge in [-0.2, -0.15) is 11.8 Å². The lowest BCUT2D eigenvalue weighted by Gasteiger charge is -2.31. The Morgan fingerprint density at radius 1 is 0.416 bits per heavy atom. The predicted molar refractivity (Wildman–Crippen MR) is 553 cm³/mol. The molecule has 38 N–H and O–H groups in total. The lowest BCUT2D eigenvalue weighted by molar-refractivity contribution is -0.145. The van der Waals surface area contributed by atoms with Crippen molar-refractivity contribution >= 4 is 136 Å². The van der Waals surface area contributed by atoms with Crippen molar-refractivity contribution in [1.82, 2.24) is 110 Å². The number of aliphatic hydroxyl groups excluding tert-OH is 1. The summed E-state index contributed by atoms with van der Waals surface area (Å²) in [5, 5.41) is 86.7. The summed E-state index contributed by atoms with van der Waals surface area (Å²) in [6.45, 7) is 2.51. The number of imidazole rings is 1. The van der Waals surface area contributed by atoms with Gasteiger partial charge in [0.05, 0.1) is 25.5 Å². The summed E-state index contributed by atoms with van der Waals surface area (Å²) in [5.74, 6) is -17.2. The van der Waals surface area contributed by atoms with Gasteiger partial charge in [-0.1, -0.05) is 80.9 Å². The molecule has 53 heteroatoms. The number of aromatic amines is 1. The second kappa shape index (κ2) is 66.4. The molecule has 0 bridgehead atoms. The highest BCUT2D eigenvalue weighted by Gasteiger charge is 2.45. The van der Waals surface area contributed by atoms with E-state index in [4.69, 9.17) is 62.1 Å². The van der Waals surface area contributed by atoms with Crippen molar-refractivity contribution in [2.45, 2.75) is 290 Å². The number of carbonyl (C=O) groups excluding carboxylic acids is 17. The quantitative estimate of drug-likeness (QED) is 0.0142. The molecule has 16 atom stereocenters. The van der Waals surface area contributed by atoms with Gasteiger partial charge in [-0.05, 0) is 196 Å². The first-order valence-corrected chi connectivity index (χ1v) is 52.2. The lowest BCUT2D eigenvalue weighted by atomic mass is 10.0. The summed E-state index contributed by atoms with van der Waals surface area (Å²) in [5.41, 5.74) is 47.6. The van der Waals surface area contributed by atoms with Crippen LogP contribution >= 0.6 is 11.8 Å². The summed E-state index contributed by atoms with van der Waals surface area (Å²) < 4.78 is 0. The van der Waals surface area contributed by atoms with E-state index in [0.717, 1.165) is 4.90 Å². The molecule has 6 rings (SSSR count). The molecular formula is C96H156N32O20S. The number of guanidine groups is 3. The first-order chi connectivity index (χ1) is 71.2. The van der Waals surface area contributed by atoms with E-state index >= 15 is 4.79 Å². The molecular weight excluding hydrogens is 1950 g/mol. The average molecular weight is 2110 g/mol. The Kier molecular flexibility index (Phi) is 55.2. The molecule has 4 heterocycles. The van der Waals surface area contributed by atoms with Crippen LogP contribution in [-0.4, -0.2) is 340 Å². The van der Waals surface area contributed by atoms with E-state index in [1.807, 2.05) is 0 Å². The van der Waals surface area contributed by atoms with Crippen molar-refractivity contribution in [3.63, 3.8) is 0 Å². The van der Waals surface area contributed by atoms with Crippen LogP contribution in [-0.2, 0) is 106 Å². The van der Waals surface area contributed by atoms with Crippen LogP contribution in [0.3, 0.4) is 0 Å². The minimum Gasteiger partial charge on any atom is -0.480 e. The van der Waals surface area contributed by atoms with Crippen LogP contribution in [0.25, 0.3) is 0 Å². The Morgan fingerprint density at radius 3 is 1.21 bits per heavy atom. The summed E-state index contributed by atoms with van der Waals surface area (Å²) in [6.07, 6.45) is 6.65. The van der Waals surface area contributed by atoms with Gasteiger partial charge in [0.15, 0.2) is 17.9 Å². The van der Waals surface area contributed by atoms with E-state index in [-0.39, 0.29) is 180 Å². The molecule has 0 saturated carbocycles. The zero-order valence-corrected chi connectivity index (χ0v) is 85.9. The average Bonchev–Trinajstić information content (AvgIpc) is 1.67. The molecule has 52 nitrogen and oxygen atoms in total. The minimum atomic E-state index is -1.86. The number of H-pyrrole nitrogens is 1. The minimum absolute atomic E-state index is 0.00641. The molecule has 1 aromatic heterocycles. The maximum Gasteiger partial charge on any atom is 0.326 e. The first kappa shape index (κ1) is 124. The summed E-state index contributed by atoms with van der Waals surface area (Å²) in [4.78, 5) is 269. The highest BCUT2D eigenvalue weighted by Crippen LogP contribution is 2.26. The van der Waals surface area contributed by atoms with E-state index in [9.17, 15) is 91.7 Å². The molecule has 3 aliphatic rings. The molecule has 0 spiro atoms. The van der Waals surface area contributed by atoms with Gasteiger partial charge >= 0.3 is 5.97 Å². The third kappa shape index (κ3) is 43.8. The fourth-order valence-electron chi connectivity index (χ4n) is 17.4. The third-order valence-electron chi connectivity index (χ3n) is 25.4. The second-order valence-corrected chi connectivity index (χ2v) is 38.6. The molecule has 826 valence electrons. The number of aliphatic carboxylic acids is 1. The van der Waals surface area contributed by atoms with Crippen molar-refractivity contribution in [3.8, 4) is 0 Å². The fraction of sp³-hybridized carbons (Fsp3) is 0.625. The normalized spacial score (nSPS) is 16.8. The van der Waals surface area contributed by atoms with E-state index in [1.54, 1.807) is 80.8 Å². The largest absolute Gasteiger partial charge is 0.480 e. The number of carbonyl (C=O) groups is 18. The van der Waals surface area contributed by atoms with Crippen molar-refractivity contribution in [2.75, 3.05) is 84.1 Å². The monoisotopic (exact) mass is 2110 g/mol. The standard InChI is InChI=1S/C96H156N32O20S/c1-56(2)48-68(84(138)125-72(54-129)87(141)123-70(51-59-52-108-55-113-59)86(140)115-61(27-11-14-39-98)79(133)112-53-77(131)126-44-19-32-73(126)88(142)120-67(37-47-149-3)92(146)128-46-21-34-75(128)90(144)124-71(93(147)148)50-58-24-8-5-9-25-58)121-82(136)64(30-17-42-110-95(104)105)118-89(143)74-33-20-45-127(74)91(145)66(31-18-43-111-96(106)107)119-83(137)65(35-36-76(101)130)117-80(134)63(29-16-41-109-94(102)103)116-85(139)69(49-57-22-6-4-7-23-57)122-81(135)62(28-12-15-40-99)114-78(132)60(100)26-10-13-38-97/h4-9,22-25,52,55-56,60-75,129H,10-21,26-51,53-54,97-100H2,1-3H3,(H2,101,130)(H,108,113)(H,112,133)(H,114,132)(H,115,140)(H,116,139)(H,117,134)(H,118,143)(H,119,137)(H,120,142)(H,121,136)(H,122,135)(H,123,141)(H,124,144)(H,125,138)(H,147,148)(H4,102,103,109)(H4,104,105,110)(H4,106,107,111)/t60-,61-,62?,63?,64-,65-,66?,67-,68-,69-,70-,71-,72-,73-,74-,75-/m0/s1. The number of aliphatic hydroxyl groups is 1. The smallest absolute Gasteiger partial charge is 0.326 e. The number of nitrogens with zero attached hydrogens (tertiary/aromatic N) is 4. The highest BCUT2D eigenvalue weighted by molar-refractivity contribution is 7.98. The SMILES string of the molecule is CSCC[C@H](NC(=O)[C@@H]1CCCN1C(=O)CNC(=O)[C@H](CCCCN)NC(=O)[C@H](Cc1cnc[nH]1)NC(=O)[C@H](CO)NC(=O)[C@H](CC(C)C)NC(=O)[C@H](CCCNC(=N)N)NC(=O)[C@@H]1CCCN1C(=O)C(CCCNC(=N)N)NC(=O)[C@H](CCC(N)=O)NC(=O)C(CCCNC(=N)N)NC(=O)[C@H](Cc1ccccc1)NC(=O)C(CCCCN)NC(=O)[C@@H](N)CCCCN)C(=O)N1CCC[C@H]1C(=O)N[C@@H](Cc1ccccc1)C(=O)O. The Balaban J connectivity index is 1.18. The number of rotatable bonds is 69. The van der Waals surface area contributed by atoms with Crippen LogP contribution in [0.1, 0.15) is 191 Å². The zero-order chi connectivity index (χ0) is 110. The van der Waals surface area contributed by atoms with Crippen LogP contribution in [0, 0.1) is 22.1 Å². The number of primary amides is 1. The second-order valence-electron chi connectivity index (χ2n) is 37.6. The van der Waals surface area contributed by atoms with Gasteiger partial charge in [0.2, 0.25) is 100 Å². The van der Waals surface area contributed by atoms with Crippen LogP contribution in [0.4, 0.5) is 0 Å². The van der Waals surface area contributed by atoms with Gasteiger partial charge in [-0.25, -0.2) is 9.78 Å². The number of likely N-dealkylation sites (tertiary alicyclic amines) is 3. The van der Waals surface area contributed by atoms with Crippen LogP contribution < -0.4 is 131 Å². The van der Waals surface area contributed by atoms with E-state index in [2.05, 4.69) is 95.0 Å². The van der Waals surface area contributed by atoms with Crippen LogP contribution in [0.5, 0.6) is 0 Å². The third-order valence-corrected chi connectivity index (χ3v) is 26.0. The van der Waals surface area contributed by atoms with E-state index in [1.165, 1.54) is 34.1 Å². The fourth-order valence-corrected chi connectivity index (χ4v) is 17.9. The number of nitrogens with one attached hydrogen (secondary N) is 20. The topological polar surface area (TPSA) is 858 Å². The van der Waals surface area contributed by atoms with Crippen molar-refractivity contribution in [1.29, 1.82) is 16.2 Å². The summed E-state index contributed by atoms with van der Waals surface area (Å²) in [7, 11) is 0. The number of unbranched alkanes of at least 4 members (excludes halogenated alkanes) is 3. The van der Waals surface area contributed by atoms with Gasteiger partial charge < -0.3 is 161 Å². The Labute approximate surface area is 870 Å². The van der Waals surface area contributed by atoms with Crippen molar-refractivity contribution < 1.29 is 96.5 Å². The van der Waals surface area contributed by atoms with Gasteiger partial charge in [-0.15, -0.1) is 0 Å². The predicted octanol–water partition coefficient (Wildman–Crippen LogP) is -7.01. The van der Waals surface area contributed by atoms with Crippen LogP contribution in [0.2, 0.25) is 0 Å². The van der Waals surface area contributed by atoms with E-state index < -0.39 is 253 Å². The lowest BCUT2D eigenvalue weighted by Crippen LogP contribution is -2.61. The molecule has 2 aromatic carbocycles. The van der Waals surface area contributed by atoms with Crippen molar-refractivity contribution in [3.05, 3.63) is 90.0 Å². The molecule has 3 unspecified atom stereocenters. The molecule has 3 aliphatic heterocycles. The number of aromatic nitrogens is 2. The molecule has 0 radical (unpaired) electrons. The number of thioether (sulfide) groups is 1. The van der Waals surface area contributed by atoms with Gasteiger partial charge in [0.1, 0.15) is 90.6 Å². The molecule has 0 aliphatic carbocycles. The molecule has 3 aromatic rings. The van der Waals surface area contributed by atoms with Crippen molar-refractivity contribution in [2.24, 2.45) is 51.8 Å². The summed E-state index contributed by atoms with van der Waals surface area (Å²) in [6, 6.07) is -5.18. The number of hydrogen-bond acceptors (Lipinski definition) is 28. The number of benzene rings is 2. The number of carboxylic acids is 1. The Hall–Kier alpha value is -13.9. The van der Waals surface area contributed by atoms with Crippen LogP contribution in [0.15, 0.2) is 73.2 Å². The Bertz CT molecular complexity index is 4900. The molecule has 17 amide bonds. The van der Waals surface area contributed by atoms with Gasteiger partial charge in [0, 0.05) is 76.8 Å². The maximum atomic E-state index is 15.3. The molecule has 3 saturated heterocycles. The van der Waals surface area contributed by atoms with Gasteiger partial charge in [-0.3, -0.25) is 97.7 Å².